The minimum absolute atomic E-state index is 0.234. The zero-order chi connectivity index (χ0) is 28.1. The van der Waals surface area contributed by atoms with Crippen LogP contribution in [0.3, 0.4) is 0 Å². The van der Waals surface area contributed by atoms with Gasteiger partial charge in [-0.2, -0.15) is 0 Å². The number of aryl methyl sites for hydroxylation is 1. The van der Waals surface area contributed by atoms with Gasteiger partial charge in [0.25, 0.3) is 5.91 Å². The average molecular weight is 538 g/mol. The number of carbonyl (C=O) groups is 4. The summed E-state index contributed by atoms with van der Waals surface area (Å²) in [4.78, 5) is 56.6. The lowest BCUT2D eigenvalue weighted by atomic mass is 10.0. The van der Waals surface area contributed by atoms with Crippen molar-refractivity contribution < 1.29 is 19.2 Å². The van der Waals surface area contributed by atoms with Crippen molar-refractivity contribution in [1.82, 2.24) is 25.8 Å². The van der Waals surface area contributed by atoms with E-state index in [1.54, 1.807) is 24.3 Å². The van der Waals surface area contributed by atoms with E-state index in [9.17, 15) is 19.2 Å². The van der Waals surface area contributed by atoms with Crippen LogP contribution in [0.1, 0.15) is 28.3 Å². The highest BCUT2D eigenvalue weighted by atomic mass is 16.2. The molecule has 40 heavy (non-hydrogen) atoms. The van der Waals surface area contributed by atoms with E-state index in [0.29, 0.717) is 12.1 Å². The minimum Gasteiger partial charge on any atom is -0.361 e. The average Bonchev–Trinajstić information content (AvgIpc) is 3.37. The van der Waals surface area contributed by atoms with E-state index in [0.717, 1.165) is 27.6 Å². The van der Waals surface area contributed by atoms with Gasteiger partial charge in [-0.25, -0.2) is 0 Å². The Balaban J connectivity index is 1.31. The molecule has 1 fully saturated rings. The fourth-order valence-corrected chi connectivity index (χ4v) is 4.96. The fraction of sp³-hybridized carbons (Fsp3) is 0.226. The number of hydrogen-bond donors (Lipinski definition) is 4. The maximum absolute atomic E-state index is 13.4. The first-order valence-corrected chi connectivity index (χ1v) is 13.2. The van der Waals surface area contributed by atoms with Gasteiger partial charge in [0.2, 0.25) is 17.7 Å². The molecule has 1 aliphatic heterocycles. The van der Waals surface area contributed by atoms with Crippen molar-refractivity contribution in [3.63, 3.8) is 0 Å². The van der Waals surface area contributed by atoms with Crippen LogP contribution in [0.2, 0.25) is 0 Å². The molecule has 1 saturated heterocycles. The normalized spacial score (nSPS) is 15.9. The van der Waals surface area contributed by atoms with Crippen molar-refractivity contribution in [2.75, 3.05) is 13.1 Å². The molecule has 4 amide bonds. The number of H-pyrrole nitrogens is 1. The minimum atomic E-state index is -0.894. The van der Waals surface area contributed by atoms with E-state index in [1.807, 2.05) is 67.7 Å². The number of amides is 4. The van der Waals surface area contributed by atoms with Gasteiger partial charge < -0.3 is 25.8 Å². The highest BCUT2D eigenvalue weighted by molar-refractivity contribution is 5.98. The smallest absolute Gasteiger partial charge is 0.250 e. The maximum atomic E-state index is 13.4. The van der Waals surface area contributed by atoms with Gasteiger partial charge in [0.05, 0.1) is 0 Å². The molecule has 0 saturated carbocycles. The zero-order valence-corrected chi connectivity index (χ0v) is 22.1. The molecule has 2 atom stereocenters. The van der Waals surface area contributed by atoms with Crippen LogP contribution >= 0.6 is 0 Å². The molecule has 0 radical (unpaired) electrons. The molecule has 3 aromatic carbocycles. The van der Waals surface area contributed by atoms with Gasteiger partial charge in [0.1, 0.15) is 25.2 Å². The topological polar surface area (TPSA) is 123 Å². The summed E-state index contributed by atoms with van der Waals surface area (Å²) in [5.74, 6) is -1.59. The third kappa shape index (κ3) is 6.04. The van der Waals surface area contributed by atoms with E-state index in [4.69, 9.17) is 0 Å². The molecule has 2 heterocycles. The number of nitrogens with one attached hydrogen (secondary N) is 4. The Bertz CT molecular complexity index is 1550. The number of rotatable bonds is 9. The Hall–Kier alpha value is -4.92. The predicted octanol–water partition coefficient (Wildman–Crippen LogP) is 2.52. The number of para-hydroxylation sites is 1. The number of fused-ring (bicyclic) bond motifs is 1. The number of nitrogens with zero attached hydrogens (tertiary/aromatic N) is 1. The van der Waals surface area contributed by atoms with Gasteiger partial charge in [-0.1, -0.05) is 72.8 Å². The standard InChI is InChI=1S/C31H31N5O4/c1-20-9-5-6-12-22(20)16-33-30(39)26(15-23-17-32-25-14-8-7-13-24(23)25)34-27(37)18-36-19-28(38)35-29(31(36)40)21-10-3-2-4-11-21/h2-14,17,26,29,32H,15-16,18-19H2,1H3,(H,33,39)(H,34,37)(H,35,38). The molecule has 204 valence electrons. The lowest BCUT2D eigenvalue weighted by molar-refractivity contribution is -0.146. The molecule has 0 aliphatic carbocycles. The first kappa shape index (κ1) is 26.7. The molecule has 4 aromatic rings. The van der Waals surface area contributed by atoms with Crippen molar-refractivity contribution in [1.29, 1.82) is 0 Å². The largest absolute Gasteiger partial charge is 0.361 e. The summed E-state index contributed by atoms with van der Waals surface area (Å²) in [6, 6.07) is 22.6. The molecule has 4 N–H and O–H groups in total. The molecule has 2 unspecified atom stereocenters. The number of aromatic amines is 1. The summed E-state index contributed by atoms with van der Waals surface area (Å²) in [5, 5.41) is 9.42. The van der Waals surface area contributed by atoms with Crippen molar-refractivity contribution in [2.24, 2.45) is 0 Å². The Morgan fingerprint density at radius 2 is 1.68 bits per heavy atom. The van der Waals surface area contributed by atoms with Crippen molar-refractivity contribution in [3.05, 3.63) is 107 Å². The van der Waals surface area contributed by atoms with E-state index in [2.05, 4.69) is 20.9 Å². The van der Waals surface area contributed by atoms with Crippen LogP contribution < -0.4 is 16.0 Å². The second-order valence-electron chi connectivity index (χ2n) is 9.93. The first-order chi connectivity index (χ1) is 19.4. The highest BCUT2D eigenvalue weighted by Crippen LogP contribution is 2.21. The molecule has 0 bridgehead atoms. The quantitative estimate of drug-likeness (QED) is 0.262. The molecule has 1 aliphatic rings. The Kier molecular flexibility index (Phi) is 7.91. The van der Waals surface area contributed by atoms with Crippen LogP contribution in [0, 0.1) is 6.92 Å². The molecule has 0 spiro atoms. The number of piperazine rings is 1. The van der Waals surface area contributed by atoms with Crippen molar-refractivity contribution in [3.8, 4) is 0 Å². The highest BCUT2D eigenvalue weighted by Gasteiger charge is 2.35. The van der Waals surface area contributed by atoms with Gasteiger partial charge in [0, 0.05) is 30.1 Å². The van der Waals surface area contributed by atoms with Crippen molar-refractivity contribution >= 4 is 34.5 Å². The first-order valence-electron chi connectivity index (χ1n) is 13.2. The second kappa shape index (κ2) is 11.9. The summed E-state index contributed by atoms with van der Waals surface area (Å²) < 4.78 is 0. The van der Waals surface area contributed by atoms with Crippen LogP contribution in [0.4, 0.5) is 0 Å². The molecule has 1 aromatic heterocycles. The summed E-state index contributed by atoms with van der Waals surface area (Å²) in [6.07, 6.45) is 2.08. The molecule has 9 heteroatoms. The molecular weight excluding hydrogens is 506 g/mol. The van der Waals surface area contributed by atoms with Crippen LogP contribution in [-0.4, -0.2) is 52.6 Å². The van der Waals surface area contributed by atoms with Gasteiger partial charge in [-0.05, 0) is 35.2 Å². The van der Waals surface area contributed by atoms with E-state index in [1.165, 1.54) is 4.90 Å². The van der Waals surface area contributed by atoms with Gasteiger partial charge >= 0.3 is 0 Å². The Morgan fingerprint density at radius 1 is 0.950 bits per heavy atom. The van der Waals surface area contributed by atoms with Crippen molar-refractivity contribution in [2.45, 2.75) is 32.0 Å². The molecular formula is C31H31N5O4. The monoisotopic (exact) mass is 537 g/mol. The SMILES string of the molecule is Cc1ccccc1CNC(=O)C(Cc1c[nH]c2ccccc12)NC(=O)CN1CC(=O)NC(c2ccccc2)C1=O. The lowest BCUT2D eigenvalue weighted by Crippen LogP contribution is -2.57. The van der Waals surface area contributed by atoms with Crippen LogP contribution in [0.5, 0.6) is 0 Å². The van der Waals surface area contributed by atoms with Crippen LogP contribution in [0.25, 0.3) is 10.9 Å². The second-order valence-corrected chi connectivity index (χ2v) is 9.93. The van der Waals surface area contributed by atoms with Crippen LogP contribution in [0.15, 0.2) is 85.1 Å². The number of carbonyl (C=O) groups excluding carboxylic acids is 4. The maximum Gasteiger partial charge on any atom is 0.250 e. The predicted molar refractivity (Wildman–Crippen MR) is 151 cm³/mol. The molecule has 5 rings (SSSR count). The van der Waals surface area contributed by atoms with Gasteiger partial charge in [-0.3, -0.25) is 19.2 Å². The Labute approximate surface area is 232 Å². The third-order valence-electron chi connectivity index (χ3n) is 7.13. The summed E-state index contributed by atoms with van der Waals surface area (Å²) >= 11 is 0. The Morgan fingerprint density at radius 3 is 2.48 bits per heavy atom. The lowest BCUT2D eigenvalue weighted by Gasteiger charge is -2.32. The van der Waals surface area contributed by atoms with E-state index < -0.39 is 18.0 Å². The third-order valence-corrected chi connectivity index (χ3v) is 7.13. The summed E-state index contributed by atoms with van der Waals surface area (Å²) in [6.45, 7) is 1.71. The van der Waals surface area contributed by atoms with E-state index >= 15 is 0 Å². The number of aromatic nitrogens is 1. The summed E-state index contributed by atoms with van der Waals surface area (Å²) in [7, 11) is 0. The molecule has 9 nitrogen and oxygen atoms in total. The summed E-state index contributed by atoms with van der Waals surface area (Å²) in [5.41, 5.74) is 4.47. The fourth-order valence-electron chi connectivity index (χ4n) is 4.96. The zero-order valence-electron chi connectivity index (χ0n) is 22.1. The van der Waals surface area contributed by atoms with Gasteiger partial charge in [0.15, 0.2) is 0 Å². The van der Waals surface area contributed by atoms with Crippen LogP contribution in [-0.2, 0) is 32.1 Å². The van der Waals surface area contributed by atoms with E-state index in [-0.39, 0.29) is 37.2 Å². The van der Waals surface area contributed by atoms with Gasteiger partial charge in [-0.15, -0.1) is 0 Å². The number of benzene rings is 3. The number of hydrogen-bond acceptors (Lipinski definition) is 4.